The minimum atomic E-state index is -0.111. The van der Waals surface area contributed by atoms with E-state index in [2.05, 4.69) is 12.2 Å². The van der Waals surface area contributed by atoms with Crippen LogP contribution in [0.1, 0.15) is 45.4 Å². The number of rotatable bonds is 7. The Bertz CT molecular complexity index is 1070. The average Bonchev–Trinajstić information content (AvgIpc) is 3.53. The second kappa shape index (κ2) is 9.35. The van der Waals surface area contributed by atoms with Gasteiger partial charge in [-0.25, -0.2) is 4.98 Å². The molecule has 3 aliphatic rings. The van der Waals surface area contributed by atoms with Gasteiger partial charge in [0.2, 0.25) is 5.91 Å². The van der Waals surface area contributed by atoms with Crippen molar-refractivity contribution in [2.45, 2.75) is 69.3 Å². The van der Waals surface area contributed by atoms with E-state index >= 15 is 0 Å². The van der Waals surface area contributed by atoms with E-state index in [-0.39, 0.29) is 29.4 Å². The summed E-state index contributed by atoms with van der Waals surface area (Å²) < 4.78 is 7.43. The summed E-state index contributed by atoms with van der Waals surface area (Å²) in [5.41, 5.74) is 0.449. The van der Waals surface area contributed by atoms with Crippen LogP contribution in [0.25, 0.3) is 10.9 Å². The van der Waals surface area contributed by atoms with Crippen molar-refractivity contribution in [2.24, 2.45) is 17.8 Å². The van der Waals surface area contributed by atoms with E-state index in [1.165, 1.54) is 37.4 Å². The van der Waals surface area contributed by atoms with Crippen LogP contribution >= 0.6 is 23.4 Å². The van der Waals surface area contributed by atoms with Crippen molar-refractivity contribution in [1.29, 1.82) is 0 Å². The van der Waals surface area contributed by atoms with Gasteiger partial charge in [0.25, 0.3) is 5.56 Å². The standard InChI is InChI=1S/C24H30ClN3O3S/c1-14(20-10-15-4-5-16(20)9-15)26-22(29)13-32-24-27-21-11-17(25)6-7-19(21)23(30)28(24)12-18-3-2-8-31-18/h6-7,11,14-16,18,20H,2-5,8-10,12-13H2,1H3,(H,26,29). The number of thioether (sulfide) groups is 1. The van der Waals surface area contributed by atoms with Gasteiger partial charge in [0.05, 0.1) is 29.3 Å². The highest BCUT2D eigenvalue weighted by Crippen LogP contribution is 2.49. The third-order valence-electron chi connectivity index (χ3n) is 7.45. The van der Waals surface area contributed by atoms with Crippen molar-refractivity contribution in [2.75, 3.05) is 12.4 Å². The second-order valence-electron chi connectivity index (χ2n) is 9.59. The lowest BCUT2D eigenvalue weighted by Gasteiger charge is -2.28. The lowest BCUT2D eigenvalue weighted by molar-refractivity contribution is -0.119. The number of benzene rings is 1. The normalized spacial score (nSPS) is 27.8. The van der Waals surface area contributed by atoms with Crippen LogP contribution in [0.3, 0.4) is 0 Å². The molecule has 172 valence electrons. The molecule has 1 amide bonds. The molecule has 5 unspecified atom stereocenters. The summed E-state index contributed by atoms with van der Waals surface area (Å²) in [5, 5.41) is 4.82. The number of nitrogens with zero attached hydrogens (tertiary/aromatic N) is 2. The van der Waals surface area contributed by atoms with E-state index in [9.17, 15) is 9.59 Å². The fraction of sp³-hybridized carbons (Fsp3) is 0.625. The summed E-state index contributed by atoms with van der Waals surface area (Å²) in [5.74, 6) is 2.46. The van der Waals surface area contributed by atoms with E-state index in [1.807, 2.05) is 0 Å². The topological polar surface area (TPSA) is 73.2 Å². The van der Waals surface area contributed by atoms with Crippen LogP contribution in [0.4, 0.5) is 0 Å². The molecular weight excluding hydrogens is 446 g/mol. The molecule has 2 heterocycles. The summed E-state index contributed by atoms with van der Waals surface area (Å²) in [6.45, 7) is 3.31. The first-order valence-corrected chi connectivity index (χ1v) is 13.1. The Morgan fingerprint density at radius 3 is 2.94 bits per heavy atom. The summed E-state index contributed by atoms with van der Waals surface area (Å²) >= 11 is 7.45. The predicted octanol–water partition coefficient (Wildman–Crippen LogP) is 4.26. The fourth-order valence-corrected chi connectivity index (χ4v) is 6.86. The van der Waals surface area contributed by atoms with Crippen molar-refractivity contribution < 1.29 is 9.53 Å². The van der Waals surface area contributed by atoms with Gasteiger partial charge in [-0.2, -0.15) is 0 Å². The van der Waals surface area contributed by atoms with Gasteiger partial charge in [-0.15, -0.1) is 0 Å². The minimum absolute atomic E-state index is 0.00485. The Balaban J connectivity index is 1.31. The number of carbonyl (C=O) groups excluding carboxylic acids is 1. The van der Waals surface area contributed by atoms with Gasteiger partial charge in [-0.3, -0.25) is 14.2 Å². The van der Waals surface area contributed by atoms with Crippen LogP contribution < -0.4 is 10.9 Å². The maximum atomic E-state index is 13.2. The maximum absolute atomic E-state index is 13.2. The van der Waals surface area contributed by atoms with Gasteiger partial charge in [0.15, 0.2) is 5.16 Å². The van der Waals surface area contributed by atoms with Crippen LogP contribution in [-0.2, 0) is 16.1 Å². The number of fused-ring (bicyclic) bond motifs is 3. The molecule has 0 radical (unpaired) electrons. The molecule has 1 aromatic carbocycles. The number of amides is 1. The number of nitrogens with one attached hydrogen (secondary N) is 1. The minimum Gasteiger partial charge on any atom is -0.376 e. The van der Waals surface area contributed by atoms with Crippen LogP contribution in [0.2, 0.25) is 5.02 Å². The van der Waals surface area contributed by atoms with E-state index in [0.717, 1.165) is 31.3 Å². The average molecular weight is 476 g/mol. The number of hydrogen-bond acceptors (Lipinski definition) is 5. The van der Waals surface area contributed by atoms with Crippen LogP contribution in [0.5, 0.6) is 0 Å². The zero-order valence-corrected chi connectivity index (χ0v) is 20.0. The summed E-state index contributed by atoms with van der Waals surface area (Å²) in [6.07, 6.45) is 7.18. The molecule has 2 bridgehead atoms. The first-order valence-electron chi connectivity index (χ1n) is 11.7. The Morgan fingerprint density at radius 1 is 1.34 bits per heavy atom. The monoisotopic (exact) mass is 475 g/mol. The smallest absolute Gasteiger partial charge is 0.262 e. The molecule has 6 nitrogen and oxygen atoms in total. The molecule has 0 spiro atoms. The highest BCUT2D eigenvalue weighted by Gasteiger charge is 2.42. The molecule has 1 aliphatic heterocycles. The summed E-state index contributed by atoms with van der Waals surface area (Å²) in [6, 6.07) is 5.32. The Morgan fingerprint density at radius 2 is 2.22 bits per heavy atom. The van der Waals surface area contributed by atoms with Gasteiger partial charge in [-0.1, -0.05) is 29.8 Å². The number of hydrogen-bond donors (Lipinski definition) is 1. The molecule has 1 N–H and O–H groups in total. The van der Waals surface area contributed by atoms with Crippen molar-refractivity contribution in [1.82, 2.24) is 14.9 Å². The largest absolute Gasteiger partial charge is 0.376 e. The number of carbonyl (C=O) groups is 1. The molecule has 3 fully saturated rings. The summed E-state index contributed by atoms with van der Waals surface area (Å²) in [4.78, 5) is 30.7. The molecule has 8 heteroatoms. The van der Waals surface area contributed by atoms with Gasteiger partial charge in [-0.05, 0) is 75.0 Å². The zero-order valence-electron chi connectivity index (χ0n) is 18.4. The number of ether oxygens (including phenoxy) is 1. The molecule has 32 heavy (non-hydrogen) atoms. The molecule has 2 aromatic rings. The van der Waals surface area contributed by atoms with Crippen molar-refractivity contribution in [3.63, 3.8) is 0 Å². The Labute approximate surface area is 197 Å². The van der Waals surface area contributed by atoms with Gasteiger partial charge in [0.1, 0.15) is 0 Å². The SMILES string of the molecule is CC(NC(=O)CSc1nc2cc(Cl)ccc2c(=O)n1CC1CCCO1)C1CC2CCC1C2. The lowest BCUT2D eigenvalue weighted by atomic mass is 9.84. The van der Waals surface area contributed by atoms with Crippen molar-refractivity contribution in [3.8, 4) is 0 Å². The van der Waals surface area contributed by atoms with E-state index in [4.69, 9.17) is 21.3 Å². The molecule has 1 aromatic heterocycles. The first kappa shape index (κ1) is 22.2. The van der Waals surface area contributed by atoms with E-state index in [0.29, 0.717) is 33.5 Å². The Kier molecular flexibility index (Phi) is 6.50. The van der Waals surface area contributed by atoms with Gasteiger partial charge < -0.3 is 10.1 Å². The number of halogens is 1. The molecular formula is C24H30ClN3O3S. The fourth-order valence-electron chi connectivity index (χ4n) is 5.88. The van der Waals surface area contributed by atoms with E-state index in [1.54, 1.807) is 22.8 Å². The second-order valence-corrected chi connectivity index (χ2v) is 11.0. The predicted molar refractivity (Wildman–Crippen MR) is 127 cm³/mol. The lowest BCUT2D eigenvalue weighted by Crippen LogP contribution is -2.41. The molecule has 5 rings (SSSR count). The van der Waals surface area contributed by atoms with Crippen LogP contribution in [-0.4, -0.2) is 40.0 Å². The van der Waals surface area contributed by atoms with Crippen molar-refractivity contribution >= 4 is 40.2 Å². The highest BCUT2D eigenvalue weighted by molar-refractivity contribution is 7.99. The Hall–Kier alpha value is -1.57. The number of aromatic nitrogens is 2. The maximum Gasteiger partial charge on any atom is 0.262 e. The third-order valence-corrected chi connectivity index (χ3v) is 8.66. The quantitative estimate of drug-likeness (QED) is 0.478. The summed E-state index contributed by atoms with van der Waals surface area (Å²) in [7, 11) is 0. The third kappa shape index (κ3) is 4.57. The van der Waals surface area contributed by atoms with Gasteiger partial charge in [0, 0.05) is 17.7 Å². The van der Waals surface area contributed by atoms with Gasteiger partial charge >= 0.3 is 0 Å². The van der Waals surface area contributed by atoms with Crippen molar-refractivity contribution in [3.05, 3.63) is 33.6 Å². The first-order chi connectivity index (χ1) is 15.5. The van der Waals surface area contributed by atoms with E-state index < -0.39 is 0 Å². The van der Waals surface area contributed by atoms with Crippen LogP contribution in [0, 0.1) is 17.8 Å². The zero-order chi connectivity index (χ0) is 22.2. The molecule has 2 saturated carbocycles. The highest BCUT2D eigenvalue weighted by atomic mass is 35.5. The van der Waals surface area contributed by atoms with Crippen LogP contribution in [0.15, 0.2) is 28.2 Å². The molecule has 5 atom stereocenters. The molecule has 1 saturated heterocycles. The molecule has 2 aliphatic carbocycles.